The fraction of sp³-hybridized carbons (Fsp3) is 0.176. The van der Waals surface area contributed by atoms with E-state index in [1.165, 1.54) is 29.1 Å². The van der Waals surface area contributed by atoms with Gasteiger partial charge in [-0.3, -0.25) is 9.36 Å². The number of nitrogens with zero attached hydrogens (tertiary/aromatic N) is 2. The summed E-state index contributed by atoms with van der Waals surface area (Å²) in [7, 11) is 0. The van der Waals surface area contributed by atoms with Crippen LogP contribution < -0.4 is 10.3 Å². The van der Waals surface area contributed by atoms with Gasteiger partial charge in [0.1, 0.15) is 24.3 Å². The molecule has 3 rings (SSSR count). The summed E-state index contributed by atoms with van der Waals surface area (Å²) in [6, 6.07) is 11.0. The number of halogens is 2. The van der Waals surface area contributed by atoms with Crippen molar-refractivity contribution in [3.05, 3.63) is 69.4 Å². The Morgan fingerprint density at radius 3 is 2.92 bits per heavy atom. The topological polar surface area (TPSA) is 64.4 Å². The molecular weight excluding hydrogens is 379 g/mol. The fourth-order valence-corrected chi connectivity index (χ4v) is 2.67. The number of aromatic nitrogens is 2. The van der Waals surface area contributed by atoms with Gasteiger partial charge in [-0.15, -0.1) is 0 Å². The number of ether oxygens (including phenoxy) is 1. The minimum absolute atomic E-state index is 0.0321. The molecule has 2 aromatic carbocycles. The quantitative estimate of drug-likeness (QED) is 0.724. The third kappa shape index (κ3) is 3.80. The van der Waals surface area contributed by atoms with Gasteiger partial charge in [-0.05, 0) is 30.3 Å². The SMILES string of the molecule is O=c1c2ccc(F)cc2ncn1C[C@@H](O)COc1cccc(Br)c1. The lowest BCUT2D eigenvalue weighted by Crippen LogP contribution is -2.30. The van der Waals surface area contributed by atoms with Gasteiger partial charge in [0, 0.05) is 10.5 Å². The Morgan fingerprint density at radius 2 is 2.12 bits per heavy atom. The summed E-state index contributed by atoms with van der Waals surface area (Å²) in [5.74, 6) is 0.164. The molecule has 0 aliphatic heterocycles. The average molecular weight is 393 g/mol. The van der Waals surface area contributed by atoms with Crippen molar-refractivity contribution in [3.8, 4) is 5.75 Å². The lowest BCUT2D eigenvalue weighted by atomic mass is 10.2. The molecule has 0 amide bonds. The van der Waals surface area contributed by atoms with E-state index < -0.39 is 11.9 Å². The molecule has 0 saturated heterocycles. The van der Waals surface area contributed by atoms with Gasteiger partial charge >= 0.3 is 0 Å². The molecule has 1 N–H and O–H groups in total. The third-order valence-electron chi connectivity index (χ3n) is 3.43. The van der Waals surface area contributed by atoms with Gasteiger partial charge in [-0.25, -0.2) is 9.37 Å². The van der Waals surface area contributed by atoms with E-state index in [2.05, 4.69) is 20.9 Å². The Kier molecular flexibility index (Phi) is 4.92. The van der Waals surface area contributed by atoms with E-state index >= 15 is 0 Å². The Balaban J connectivity index is 1.71. The molecule has 0 aliphatic carbocycles. The number of hydrogen-bond donors (Lipinski definition) is 1. The van der Waals surface area contributed by atoms with Crippen LogP contribution in [0.25, 0.3) is 10.9 Å². The van der Waals surface area contributed by atoms with E-state index in [0.717, 1.165) is 4.47 Å². The molecule has 1 aromatic heterocycles. The number of hydrogen-bond acceptors (Lipinski definition) is 4. The highest BCUT2D eigenvalue weighted by Crippen LogP contribution is 2.18. The molecule has 0 saturated carbocycles. The Morgan fingerprint density at radius 1 is 1.29 bits per heavy atom. The van der Waals surface area contributed by atoms with E-state index in [-0.39, 0.29) is 24.2 Å². The third-order valence-corrected chi connectivity index (χ3v) is 3.93. The summed E-state index contributed by atoms with van der Waals surface area (Å²) in [6.45, 7) is 0.0670. The van der Waals surface area contributed by atoms with E-state index in [0.29, 0.717) is 11.1 Å². The first kappa shape index (κ1) is 16.6. The molecule has 0 unspecified atom stereocenters. The van der Waals surface area contributed by atoms with Gasteiger partial charge in [0.05, 0.1) is 23.8 Å². The van der Waals surface area contributed by atoms with Gasteiger partial charge in [-0.1, -0.05) is 22.0 Å². The van der Waals surface area contributed by atoms with Gasteiger partial charge in [-0.2, -0.15) is 0 Å². The summed E-state index contributed by atoms with van der Waals surface area (Å²) in [5.41, 5.74) is -0.0439. The smallest absolute Gasteiger partial charge is 0.261 e. The second-order valence-electron chi connectivity index (χ2n) is 5.29. The molecule has 0 spiro atoms. The predicted octanol–water partition coefficient (Wildman–Crippen LogP) is 2.74. The largest absolute Gasteiger partial charge is 0.491 e. The Bertz CT molecular complexity index is 929. The molecule has 0 radical (unpaired) electrons. The van der Waals surface area contributed by atoms with Crippen LogP contribution in [0, 0.1) is 5.82 Å². The van der Waals surface area contributed by atoms with Crippen LogP contribution in [0.3, 0.4) is 0 Å². The molecule has 124 valence electrons. The number of benzene rings is 2. The van der Waals surface area contributed by atoms with Crippen LogP contribution in [-0.2, 0) is 6.54 Å². The van der Waals surface area contributed by atoms with Crippen molar-refractivity contribution >= 4 is 26.8 Å². The Labute approximate surface area is 145 Å². The van der Waals surface area contributed by atoms with Crippen LogP contribution in [0.5, 0.6) is 5.75 Å². The van der Waals surface area contributed by atoms with E-state index in [1.807, 2.05) is 12.1 Å². The number of aliphatic hydroxyl groups is 1. The minimum atomic E-state index is -0.888. The van der Waals surface area contributed by atoms with Crippen LogP contribution in [0.15, 0.2) is 58.1 Å². The highest BCUT2D eigenvalue weighted by molar-refractivity contribution is 9.10. The van der Waals surface area contributed by atoms with Gasteiger partial charge in [0.2, 0.25) is 0 Å². The molecular formula is C17H14BrFN2O3. The minimum Gasteiger partial charge on any atom is -0.491 e. The van der Waals surface area contributed by atoms with Crippen molar-refractivity contribution in [2.75, 3.05) is 6.61 Å². The molecule has 3 aromatic rings. The standard InChI is InChI=1S/C17H14BrFN2O3/c18-11-2-1-3-14(6-11)24-9-13(22)8-21-10-20-16-7-12(19)4-5-15(16)17(21)23/h1-7,10,13,22H,8-9H2/t13-/m1/s1. The van der Waals surface area contributed by atoms with Crippen molar-refractivity contribution in [1.82, 2.24) is 9.55 Å². The first-order valence-electron chi connectivity index (χ1n) is 7.24. The lowest BCUT2D eigenvalue weighted by molar-refractivity contribution is 0.0914. The van der Waals surface area contributed by atoms with Crippen molar-refractivity contribution < 1.29 is 14.2 Å². The van der Waals surface area contributed by atoms with Gasteiger partial charge in [0.15, 0.2) is 0 Å². The van der Waals surface area contributed by atoms with E-state index in [9.17, 15) is 14.3 Å². The summed E-state index contributed by atoms with van der Waals surface area (Å²) in [6.07, 6.45) is 0.410. The molecule has 0 fully saturated rings. The van der Waals surface area contributed by atoms with Crippen molar-refractivity contribution in [1.29, 1.82) is 0 Å². The summed E-state index contributed by atoms with van der Waals surface area (Å²) in [5, 5.41) is 10.4. The molecule has 0 aliphatic rings. The monoisotopic (exact) mass is 392 g/mol. The maximum Gasteiger partial charge on any atom is 0.261 e. The van der Waals surface area contributed by atoms with Crippen molar-refractivity contribution in [2.24, 2.45) is 0 Å². The summed E-state index contributed by atoms with van der Waals surface area (Å²) in [4.78, 5) is 16.4. The zero-order valence-electron chi connectivity index (χ0n) is 12.5. The summed E-state index contributed by atoms with van der Waals surface area (Å²) >= 11 is 3.34. The van der Waals surface area contributed by atoms with Crippen LogP contribution in [-0.4, -0.2) is 27.4 Å². The van der Waals surface area contributed by atoms with Crippen LogP contribution in [0.4, 0.5) is 4.39 Å². The van der Waals surface area contributed by atoms with Gasteiger partial charge < -0.3 is 9.84 Å². The van der Waals surface area contributed by atoms with Crippen LogP contribution in [0.2, 0.25) is 0 Å². The van der Waals surface area contributed by atoms with Gasteiger partial charge in [0.25, 0.3) is 5.56 Å². The van der Waals surface area contributed by atoms with Crippen LogP contribution in [0.1, 0.15) is 0 Å². The predicted molar refractivity (Wildman–Crippen MR) is 91.6 cm³/mol. The molecule has 24 heavy (non-hydrogen) atoms. The molecule has 0 bridgehead atoms. The first-order chi connectivity index (χ1) is 11.5. The van der Waals surface area contributed by atoms with Crippen molar-refractivity contribution in [3.63, 3.8) is 0 Å². The first-order valence-corrected chi connectivity index (χ1v) is 8.03. The normalized spacial score (nSPS) is 12.3. The maximum absolute atomic E-state index is 13.2. The number of aliphatic hydroxyl groups excluding tert-OH is 1. The molecule has 5 nitrogen and oxygen atoms in total. The van der Waals surface area contributed by atoms with Crippen LogP contribution >= 0.6 is 15.9 Å². The number of rotatable bonds is 5. The molecule has 1 atom stereocenters. The summed E-state index contributed by atoms with van der Waals surface area (Å²) < 4.78 is 20.8. The van der Waals surface area contributed by atoms with E-state index in [1.54, 1.807) is 12.1 Å². The highest BCUT2D eigenvalue weighted by Gasteiger charge is 2.11. The zero-order chi connectivity index (χ0) is 17.1. The van der Waals surface area contributed by atoms with Crippen molar-refractivity contribution in [2.45, 2.75) is 12.6 Å². The second kappa shape index (κ2) is 7.11. The Hall–Kier alpha value is -2.25. The lowest BCUT2D eigenvalue weighted by Gasteiger charge is -2.14. The van der Waals surface area contributed by atoms with E-state index in [4.69, 9.17) is 4.74 Å². The second-order valence-corrected chi connectivity index (χ2v) is 6.20. The fourth-order valence-electron chi connectivity index (χ4n) is 2.29. The average Bonchev–Trinajstić information content (AvgIpc) is 2.56. The number of fused-ring (bicyclic) bond motifs is 1. The molecule has 7 heteroatoms. The maximum atomic E-state index is 13.2. The highest BCUT2D eigenvalue weighted by atomic mass is 79.9. The molecule has 1 heterocycles. The zero-order valence-corrected chi connectivity index (χ0v) is 14.1.